The highest BCUT2D eigenvalue weighted by molar-refractivity contribution is 5.85. The van der Waals surface area contributed by atoms with Crippen LogP contribution in [0.4, 0.5) is 4.39 Å². The van der Waals surface area contributed by atoms with Crippen LogP contribution in [0, 0.1) is 25.1 Å². The number of methoxy groups -OCH3 is 1. The SMILES string of the molecule is COCC1(CNC(=O)Cc2c(C)nn(-c3ccc(F)cc3)c2C)CCNCC1.Cl. The van der Waals surface area contributed by atoms with E-state index in [4.69, 9.17) is 4.74 Å². The Morgan fingerprint density at radius 1 is 1.28 bits per heavy atom. The lowest BCUT2D eigenvalue weighted by Gasteiger charge is -2.37. The van der Waals surface area contributed by atoms with Crippen molar-refractivity contribution in [2.75, 3.05) is 33.4 Å². The van der Waals surface area contributed by atoms with Crippen molar-refractivity contribution < 1.29 is 13.9 Å². The maximum Gasteiger partial charge on any atom is 0.224 e. The lowest BCUT2D eigenvalue weighted by molar-refractivity contribution is -0.121. The molecule has 1 aliphatic rings. The highest BCUT2D eigenvalue weighted by Crippen LogP contribution is 2.28. The molecular weight excluding hydrogens is 395 g/mol. The molecule has 1 aromatic heterocycles. The summed E-state index contributed by atoms with van der Waals surface area (Å²) < 4.78 is 20.4. The number of nitrogens with one attached hydrogen (secondary N) is 2. The number of rotatable bonds is 7. The summed E-state index contributed by atoms with van der Waals surface area (Å²) in [5.74, 6) is -0.299. The van der Waals surface area contributed by atoms with Crippen LogP contribution >= 0.6 is 12.4 Å². The number of benzene rings is 1. The third kappa shape index (κ3) is 5.56. The van der Waals surface area contributed by atoms with Gasteiger partial charge in [-0.2, -0.15) is 5.10 Å². The lowest BCUT2D eigenvalue weighted by atomic mass is 9.79. The molecule has 0 radical (unpaired) electrons. The Kier molecular flexibility index (Phi) is 8.19. The number of hydrogen-bond donors (Lipinski definition) is 2. The number of carbonyl (C=O) groups excluding carboxylic acids is 1. The molecule has 8 heteroatoms. The fourth-order valence-electron chi connectivity index (χ4n) is 3.91. The number of hydrogen-bond acceptors (Lipinski definition) is 4. The molecule has 6 nitrogen and oxygen atoms in total. The topological polar surface area (TPSA) is 68.2 Å². The molecule has 1 amide bonds. The summed E-state index contributed by atoms with van der Waals surface area (Å²) in [6, 6.07) is 6.19. The number of piperidine rings is 1. The van der Waals surface area contributed by atoms with Gasteiger partial charge in [-0.3, -0.25) is 4.79 Å². The molecule has 0 bridgehead atoms. The first-order valence-corrected chi connectivity index (χ1v) is 9.71. The molecule has 0 saturated carbocycles. The van der Waals surface area contributed by atoms with E-state index in [2.05, 4.69) is 15.7 Å². The molecule has 1 fully saturated rings. The predicted octanol–water partition coefficient (Wildman–Crippen LogP) is 2.72. The summed E-state index contributed by atoms with van der Waals surface area (Å²) in [5.41, 5.74) is 3.39. The van der Waals surface area contributed by atoms with E-state index in [-0.39, 0.29) is 36.0 Å². The first-order chi connectivity index (χ1) is 13.4. The monoisotopic (exact) mass is 424 g/mol. The van der Waals surface area contributed by atoms with Crippen LogP contribution in [0.2, 0.25) is 0 Å². The number of ether oxygens (including phenoxy) is 1. The van der Waals surface area contributed by atoms with Gasteiger partial charge in [0.15, 0.2) is 0 Å². The smallest absolute Gasteiger partial charge is 0.224 e. The van der Waals surface area contributed by atoms with E-state index >= 15 is 0 Å². The quantitative estimate of drug-likeness (QED) is 0.717. The van der Waals surface area contributed by atoms with Crippen molar-refractivity contribution in [2.45, 2.75) is 33.1 Å². The van der Waals surface area contributed by atoms with Gasteiger partial charge < -0.3 is 15.4 Å². The van der Waals surface area contributed by atoms with Gasteiger partial charge in [0.2, 0.25) is 5.91 Å². The van der Waals surface area contributed by atoms with Crippen LogP contribution in [-0.4, -0.2) is 49.0 Å². The van der Waals surface area contributed by atoms with Crippen molar-refractivity contribution in [2.24, 2.45) is 5.41 Å². The zero-order valence-corrected chi connectivity index (χ0v) is 18.1. The van der Waals surface area contributed by atoms with Crippen LogP contribution in [0.1, 0.15) is 29.8 Å². The zero-order chi connectivity index (χ0) is 20.1. The second-order valence-electron chi connectivity index (χ2n) is 7.67. The minimum atomic E-state index is -0.284. The average Bonchev–Trinajstić information content (AvgIpc) is 2.96. The van der Waals surface area contributed by atoms with E-state index in [0.29, 0.717) is 13.2 Å². The fraction of sp³-hybridized carbons (Fsp3) is 0.524. The Labute approximate surface area is 177 Å². The first kappa shape index (κ1) is 23.3. The Bertz CT molecular complexity index is 811. The van der Waals surface area contributed by atoms with Crippen LogP contribution < -0.4 is 10.6 Å². The molecule has 0 atom stereocenters. The summed E-state index contributed by atoms with van der Waals surface area (Å²) in [4.78, 5) is 12.6. The molecular formula is C21H30ClFN4O2. The van der Waals surface area contributed by atoms with Crippen LogP contribution in [0.15, 0.2) is 24.3 Å². The van der Waals surface area contributed by atoms with Gasteiger partial charge in [-0.1, -0.05) is 0 Å². The van der Waals surface area contributed by atoms with E-state index in [1.165, 1.54) is 12.1 Å². The Balaban J connectivity index is 0.00000300. The molecule has 0 aliphatic carbocycles. The fourth-order valence-corrected chi connectivity index (χ4v) is 3.91. The van der Waals surface area contributed by atoms with Crippen molar-refractivity contribution in [1.29, 1.82) is 0 Å². The van der Waals surface area contributed by atoms with Crippen molar-refractivity contribution >= 4 is 18.3 Å². The van der Waals surface area contributed by atoms with E-state index in [9.17, 15) is 9.18 Å². The molecule has 2 heterocycles. The summed E-state index contributed by atoms with van der Waals surface area (Å²) in [7, 11) is 1.71. The van der Waals surface area contributed by atoms with Crippen molar-refractivity contribution in [3.05, 3.63) is 47.0 Å². The largest absolute Gasteiger partial charge is 0.384 e. The Morgan fingerprint density at radius 3 is 2.55 bits per heavy atom. The molecule has 0 spiro atoms. The van der Waals surface area contributed by atoms with Gasteiger partial charge in [-0.05, 0) is 64.0 Å². The highest BCUT2D eigenvalue weighted by atomic mass is 35.5. The van der Waals surface area contributed by atoms with Gasteiger partial charge in [-0.25, -0.2) is 9.07 Å². The Morgan fingerprint density at radius 2 is 1.93 bits per heavy atom. The Hall–Kier alpha value is -1.96. The van der Waals surface area contributed by atoms with Gasteiger partial charge in [0.1, 0.15) is 5.82 Å². The van der Waals surface area contributed by atoms with Crippen molar-refractivity contribution in [3.63, 3.8) is 0 Å². The lowest BCUT2D eigenvalue weighted by Crippen LogP contribution is -2.47. The zero-order valence-electron chi connectivity index (χ0n) is 17.3. The molecule has 1 saturated heterocycles. The molecule has 29 heavy (non-hydrogen) atoms. The first-order valence-electron chi connectivity index (χ1n) is 9.71. The highest BCUT2D eigenvalue weighted by Gasteiger charge is 2.32. The summed E-state index contributed by atoms with van der Waals surface area (Å²) in [6.07, 6.45) is 2.25. The minimum Gasteiger partial charge on any atom is -0.384 e. The van der Waals surface area contributed by atoms with E-state index in [0.717, 1.165) is 48.6 Å². The summed E-state index contributed by atoms with van der Waals surface area (Å²) >= 11 is 0. The third-order valence-corrected chi connectivity index (χ3v) is 5.62. The molecule has 1 aliphatic heterocycles. The van der Waals surface area contributed by atoms with Crippen molar-refractivity contribution in [3.8, 4) is 5.69 Å². The predicted molar refractivity (Wildman–Crippen MR) is 113 cm³/mol. The molecule has 1 aromatic carbocycles. The third-order valence-electron chi connectivity index (χ3n) is 5.62. The maximum absolute atomic E-state index is 13.2. The number of halogens is 2. The van der Waals surface area contributed by atoms with Gasteiger partial charge in [0.05, 0.1) is 24.4 Å². The van der Waals surface area contributed by atoms with E-state index in [1.54, 1.807) is 23.9 Å². The summed E-state index contributed by atoms with van der Waals surface area (Å²) in [5, 5.41) is 11.0. The second kappa shape index (κ2) is 10.2. The molecule has 2 aromatic rings. The molecule has 0 unspecified atom stereocenters. The molecule has 160 valence electrons. The molecule has 3 rings (SSSR count). The second-order valence-corrected chi connectivity index (χ2v) is 7.67. The van der Waals surface area contributed by atoms with Gasteiger partial charge in [0.25, 0.3) is 0 Å². The van der Waals surface area contributed by atoms with Crippen LogP contribution in [-0.2, 0) is 16.0 Å². The molecule has 2 N–H and O–H groups in total. The van der Waals surface area contributed by atoms with Gasteiger partial charge in [0, 0.05) is 30.3 Å². The van der Waals surface area contributed by atoms with Crippen LogP contribution in [0.5, 0.6) is 0 Å². The standard InChI is InChI=1S/C21H29FN4O2.ClH/c1-15-19(16(2)26(25-15)18-6-4-17(22)5-7-18)12-20(27)24-13-21(14-28-3)8-10-23-11-9-21;/h4-7,23H,8-14H2,1-3H3,(H,24,27);1H. The van der Waals surface area contributed by atoms with Gasteiger partial charge >= 0.3 is 0 Å². The van der Waals surface area contributed by atoms with Crippen LogP contribution in [0.25, 0.3) is 5.69 Å². The van der Waals surface area contributed by atoms with Crippen LogP contribution in [0.3, 0.4) is 0 Å². The maximum atomic E-state index is 13.2. The minimum absolute atomic E-state index is 0. The van der Waals surface area contributed by atoms with E-state index < -0.39 is 0 Å². The summed E-state index contributed by atoms with van der Waals surface area (Å²) in [6.45, 7) is 6.99. The number of aromatic nitrogens is 2. The number of aryl methyl sites for hydroxylation is 1. The van der Waals surface area contributed by atoms with Gasteiger partial charge in [-0.15, -0.1) is 12.4 Å². The normalized spacial score (nSPS) is 15.6. The number of carbonyl (C=O) groups is 1. The average molecular weight is 425 g/mol. The number of amides is 1. The number of nitrogens with zero attached hydrogens (tertiary/aromatic N) is 2. The van der Waals surface area contributed by atoms with E-state index in [1.807, 2.05) is 13.8 Å². The van der Waals surface area contributed by atoms with Crippen molar-refractivity contribution in [1.82, 2.24) is 20.4 Å².